The van der Waals surface area contributed by atoms with Gasteiger partial charge in [-0.3, -0.25) is 28.6 Å². The molecule has 10 heteroatoms. The van der Waals surface area contributed by atoms with E-state index in [1.54, 1.807) is 21.6 Å². The topological polar surface area (TPSA) is 90.3 Å². The maximum Gasteiger partial charge on any atom is 0.258 e. The smallest absolute Gasteiger partial charge is 0.258 e. The number of fused-ring (bicyclic) bond motifs is 2. The summed E-state index contributed by atoms with van der Waals surface area (Å²) < 4.78 is 1.56. The number of hydrogen-bond donors (Lipinski definition) is 1. The lowest BCUT2D eigenvalue weighted by molar-refractivity contribution is -0.120. The van der Waals surface area contributed by atoms with Crippen LogP contribution in [0.2, 0.25) is 0 Å². The molecule has 1 saturated heterocycles. The molecule has 1 atom stereocenters. The van der Waals surface area contributed by atoms with Crippen molar-refractivity contribution in [2.24, 2.45) is 0 Å². The molecule has 1 N–H and O–H groups in total. The Morgan fingerprint density at radius 2 is 1.91 bits per heavy atom. The van der Waals surface area contributed by atoms with Crippen LogP contribution in [0.15, 0.2) is 46.7 Å². The van der Waals surface area contributed by atoms with Crippen molar-refractivity contribution in [2.75, 3.05) is 42.9 Å². The average Bonchev–Trinajstić information content (AvgIpc) is 3.21. The Balaban J connectivity index is 1.21. The molecule has 2 amide bonds. The number of hydrogen-bond acceptors (Lipinski definition) is 7. The maximum atomic E-state index is 13.3. The van der Waals surface area contributed by atoms with Gasteiger partial charge in [-0.1, -0.05) is 12.1 Å². The van der Waals surface area contributed by atoms with Crippen molar-refractivity contribution in [3.05, 3.63) is 58.0 Å². The third-order valence-electron chi connectivity index (χ3n) is 6.19. The van der Waals surface area contributed by atoms with Crippen molar-refractivity contribution in [3.8, 4) is 0 Å². The van der Waals surface area contributed by atoms with Crippen LogP contribution in [0.25, 0.3) is 4.96 Å². The monoisotopic (exact) mass is 466 g/mol. The van der Waals surface area contributed by atoms with E-state index in [-0.39, 0.29) is 29.8 Å². The lowest BCUT2D eigenvalue weighted by atomic mass is 10.1. The normalized spacial score (nSPS) is 19.8. The van der Waals surface area contributed by atoms with E-state index in [0.717, 1.165) is 37.6 Å². The first-order valence-electron chi connectivity index (χ1n) is 11.1. The quantitative estimate of drug-likeness (QED) is 0.629. The summed E-state index contributed by atoms with van der Waals surface area (Å²) in [6.07, 6.45) is 2.01. The highest BCUT2D eigenvalue weighted by Gasteiger charge is 2.31. The highest BCUT2D eigenvalue weighted by molar-refractivity contribution is 7.15. The van der Waals surface area contributed by atoms with Crippen molar-refractivity contribution in [1.82, 2.24) is 19.2 Å². The first-order chi connectivity index (χ1) is 16.0. The summed E-state index contributed by atoms with van der Waals surface area (Å²) >= 11 is 1.45. The number of piperazine rings is 1. The minimum absolute atomic E-state index is 0.00210. The third-order valence-corrected chi connectivity index (χ3v) is 6.95. The summed E-state index contributed by atoms with van der Waals surface area (Å²) in [5.74, 6) is -0.0782. The number of anilines is 2. The van der Waals surface area contributed by atoms with Gasteiger partial charge >= 0.3 is 0 Å². The molecule has 172 valence electrons. The fourth-order valence-corrected chi connectivity index (χ4v) is 5.28. The van der Waals surface area contributed by atoms with Crippen LogP contribution in [-0.2, 0) is 16.1 Å². The molecule has 0 saturated carbocycles. The van der Waals surface area contributed by atoms with Crippen LogP contribution >= 0.6 is 11.3 Å². The van der Waals surface area contributed by atoms with E-state index in [1.807, 2.05) is 36.6 Å². The number of nitrogens with one attached hydrogen (secondary N) is 1. The lowest BCUT2D eigenvalue weighted by Gasteiger charge is -2.36. The largest absolute Gasteiger partial charge is 0.324 e. The lowest BCUT2D eigenvalue weighted by Crippen LogP contribution is -2.51. The Morgan fingerprint density at radius 1 is 1.15 bits per heavy atom. The Labute approximate surface area is 195 Å². The Kier molecular flexibility index (Phi) is 5.96. The summed E-state index contributed by atoms with van der Waals surface area (Å²) in [7, 11) is 0. The average molecular weight is 467 g/mol. The van der Waals surface area contributed by atoms with Gasteiger partial charge in [0, 0.05) is 62.8 Å². The van der Waals surface area contributed by atoms with Crippen molar-refractivity contribution in [3.63, 3.8) is 0 Å². The number of para-hydroxylation sites is 2. The molecular weight excluding hydrogens is 440 g/mol. The van der Waals surface area contributed by atoms with Gasteiger partial charge in [0.05, 0.1) is 23.6 Å². The second-order valence-corrected chi connectivity index (χ2v) is 9.45. The number of aromatic nitrogens is 2. The number of amides is 2. The number of carbonyl (C=O) groups excluding carboxylic acids is 2. The molecule has 9 nitrogen and oxygen atoms in total. The molecule has 1 aromatic carbocycles. The predicted molar refractivity (Wildman–Crippen MR) is 128 cm³/mol. The summed E-state index contributed by atoms with van der Waals surface area (Å²) in [6.45, 7) is 5.95. The Bertz CT molecular complexity index is 1250. The number of carbonyl (C=O) groups is 2. The molecular formula is C23H26N6O3S. The van der Waals surface area contributed by atoms with Crippen LogP contribution in [0.3, 0.4) is 0 Å². The van der Waals surface area contributed by atoms with Crippen LogP contribution in [0.1, 0.15) is 19.0 Å². The fourth-order valence-electron chi connectivity index (χ4n) is 4.54. The molecule has 33 heavy (non-hydrogen) atoms. The summed E-state index contributed by atoms with van der Waals surface area (Å²) in [5.41, 5.74) is 2.15. The fraction of sp³-hybridized carbons (Fsp3) is 0.391. The van der Waals surface area contributed by atoms with Gasteiger partial charge in [0.15, 0.2) is 4.96 Å². The maximum absolute atomic E-state index is 13.3. The first kappa shape index (κ1) is 21.7. The Morgan fingerprint density at radius 3 is 2.73 bits per heavy atom. The second kappa shape index (κ2) is 9.05. The SMILES string of the molecule is C[C@@H]1CC(=O)Nc2ccccc2N1C(=O)CN1CCN(Cc2cc(=O)n3ccsc3n2)CC1. The van der Waals surface area contributed by atoms with E-state index >= 15 is 0 Å². The van der Waals surface area contributed by atoms with Crippen molar-refractivity contribution < 1.29 is 9.59 Å². The molecule has 2 aromatic heterocycles. The van der Waals surface area contributed by atoms with E-state index in [1.165, 1.54) is 11.3 Å². The molecule has 0 unspecified atom stereocenters. The van der Waals surface area contributed by atoms with Crippen LogP contribution in [0.5, 0.6) is 0 Å². The molecule has 3 aromatic rings. The molecule has 2 aliphatic heterocycles. The van der Waals surface area contributed by atoms with E-state index in [4.69, 9.17) is 0 Å². The number of benzene rings is 1. The third kappa shape index (κ3) is 4.54. The van der Waals surface area contributed by atoms with E-state index < -0.39 is 0 Å². The van der Waals surface area contributed by atoms with Gasteiger partial charge in [-0.05, 0) is 19.1 Å². The summed E-state index contributed by atoms with van der Waals surface area (Å²) in [6, 6.07) is 8.85. The van der Waals surface area contributed by atoms with Gasteiger partial charge in [-0.15, -0.1) is 11.3 Å². The second-order valence-electron chi connectivity index (χ2n) is 8.58. The van der Waals surface area contributed by atoms with Crippen molar-refractivity contribution >= 4 is 39.5 Å². The Hall–Kier alpha value is -3.08. The van der Waals surface area contributed by atoms with Crippen LogP contribution in [0.4, 0.5) is 11.4 Å². The van der Waals surface area contributed by atoms with Crippen LogP contribution in [-0.4, -0.2) is 69.8 Å². The highest BCUT2D eigenvalue weighted by Crippen LogP contribution is 2.31. The molecule has 1 fully saturated rings. The van der Waals surface area contributed by atoms with Crippen molar-refractivity contribution in [2.45, 2.75) is 25.9 Å². The molecule has 0 bridgehead atoms. The van der Waals surface area contributed by atoms with Gasteiger partial charge in [0.1, 0.15) is 0 Å². The minimum Gasteiger partial charge on any atom is -0.324 e. The zero-order valence-electron chi connectivity index (χ0n) is 18.4. The first-order valence-corrected chi connectivity index (χ1v) is 12.0. The molecule has 2 aliphatic rings. The van der Waals surface area contributed by atoms with Gasteiger partial charge < -0.3 is 10.2 Å². The number of rotatable bonds is 4. The zero-order valence-corrected chi connectivity index (χ0v) is 19.3. The van der Waals surface area contributed by atoms with E-state index in [9.17, 15) is 14.4 Å². The predicted octanol–water partition coefficient (Wildman–Crippen LogP) is 1.64. The molecule has 0 aliphatic carbocycles. The van der Waals surface area contributed by atoms with Crippen LogP contribution in [0, 0.1) is 0 Å². The van der Waals surface area contributed by atoms with Gasteiger partial charge in [0.25, 0.3) is 5.56 Å². The molecule has 5 rings (SSSR count). The number of nitrogens with zero attached hydrogens (tertiary/aromatic N) is 5. The summed E-state index contributed by atoms with van der Waals surface area (Å²) in [5, 5.41) is 4.76. The molecule has 0 spiro atoms. The van der Waals surface area contributed by atoms with E-state index in [0.29, 0.717) is 23.7 Å². The van der Waals surface area contributed by atoms with E-state index in [2.05, 4.69) is 20.1 Å². The van der Waals surface area contributed by atoms with Crippen LogP contribution < -0.4 is 15.8 Å². The van der Waals surface area contributed by atoms with Gasteiger partial charge in [0.2, 0.25) is 11.8 Å². The minimum atomic E-state index is -0.208. The molecule has 0 radical (unpaired) electrons. The highest BCUT2D eigenvalue weighted by atomic mass is 32.1. The van der Waals surface area contributed by atoms with Crippen molar-refractivity contribution in [1.29, 1.82) is 0 Å². The molecule has 4 heterocycles. The zero-order chi connectivity index (χ0) is 22.9. The standard InChI is InChI=1S/C23H26N6O3S/c1-16-12-20(30)25-18-4-2-3-5-19(18)29(16)22(32)15-27-8-6-26(7-9-27)14-17-13-21(31)28-10-11-33-23(28)24-17/h2-5,10-11,13,16H,6-9,12,14-15H2,1H3,(H,25,30)/t16-/m1/s1. The van der Waals surface area contributed by atoms with Gasteiger partial charge in [-0.25, -0.2) is 4.98 Å². The number of thiazole rings is 1. The van der Waals surface area contributed by atoms with Gasteiger partial charge in [-0.2, -0.15) is 0 Å². The summed E-state index contributed by atoms with van der Waals surface area (Å²) in [4.78, 5) is 49.2.